The first kappa shape index (κ1) is 45.9. The fraction of sp³-hybridized carbons (Fsp3) is 0.0137. The first-order valence-electron chi connectivity index (χ1n) is 26.0. The van der Waals surface area contributed by atoms with Crippen LogP contribution in [0.4, 0.5) is 34.1 Å². The number of benzene rings is 12. The number of para-hydroxylation sites is 4. The van der Waals surface area contributed by atoms with Crippen LogP contribution in [0.2, 0.25) is 0 Å². The molecule has 3 nitrogen and oxygen atoms in total. The Morgan fingerprint density at radius 1 is 0.197 bits per heavy atom. The number of aromatic nitrogens is 1. The third-order valence-electron chi connectivity index (χ3n) is 14.9. The van der Waals surface area contributed by atoms with Crippen LogP contribution in [0.1, 0.15) is 0 Å². The number of nitrogens with zero attached hydrogens (tertiary/aromatic N) is 3. The zero-order valence-electron chi connectivity index (χ0n) is 42.2. The summed E-state index contributed by atoms with van der Waals surface area (Å²) in [5, 5.41) is 2.52. The Bertz CT molecular complexity index is 3730. The van der Waals surface area contributed by atoms with Crippen LogP contribution in [0.5, 0.6) is 0 Å². The monoisotopic (exact) mass is 971 g/mol. The number of hydrogen-bond acceptors (Lipinski definition) is 2. The van der Waals surface area contributed by atoms with Crippen molar-refractivity contribution >= 4 is 55.9 Å². The molecular formula is C73H53N3. The Morgan fingerprint density at radius 2 is 0.382 bits per heavy atom. The molecule has 0 aliphatic rings. The number of fused-ring (bicyclic) bond motifs is 3. The van der Waals surface area contributed by atoms with Gasteiger partial charge in [-0.05, 0) is 164 Å². The molecule has 360 valence electrons. The van der Waals surface area contributed by atoms with Gasteiger partial charge in [0.25, 0.3) is 0 Å². The van der Waals surface area contributed by atoms with Crippen molar-refractivity contribution < 1.29 is 0 Å². The van der Waals surface area contributed by atoms with E-state index >= 15 is 0 Å². The summed E-state index contributed by atoms with van der Waals surface area (Å²) in [6.07, 6.45) is 0. The molecule has 3 heteroatoms. The van der Waals surface area contributed by atoms with Gasteiger partial charge in [0.15, 0.2) is 0 Å². The van der Waals surface area contributed by atoms with Gasteiger partial charge in [-0.3, -0.25) is 0 Å². The van der Waals surface area contributed by atoms with Gasteiger partial charge in [0.05, 0.1) is 0 Å². The topological polar surface area (TPSA) is 11.4 Å². The first-order valence-corrected chi connectivity index (χ1v) is 26.0. The van der Waals surface area contributed by atoms with Crippen molar-refractivity contribution in [1.29, 1.82) is 0 Å². The minimum Gasteiger partial charge on any atom is -0.344 e. The maximum Gasteiger partial charge on any atom is 0.0489 e. The second-order valence-corrected chi connectivity index (χ2v) is 19.4. The van der Waals surface area contributed by atoms with Crippen LogP contribution in [0.15, 0.2) is 303 Å². The third kappa shape index (κ3) is 9.01. The van der Waals surface area contributed by atoms with E-state index in [2.05, 4.69) is 325 Å². The highest BCUT2D eigenvalue weighted by Gasteiger charge is 2.16. The van der Waals surface area contributed by atoms with Crippen molar-refractivity contribution in [3.05, 3.63) is 303 Å². The van der Waals surface area contributed by atoms with E-state index in [-0.39, 0.29) is 0 Å². The molecule has 1 heterocycles. The SMILES string of the molecule is Cn1c2ccc(-c3ccc(-c4ccc(-c5ccc(N(c6ccccc6)c6ccccc6)cc5)cc4)cc3)cc2c2cc(-c3ccc(-c4ccc(-c5ccc(N(c6ccccc6)c6ccccc6)cc5)cc4)cc3)ccc21. The summed E-state index contributed by atoms with van der Waals surface area (Å²) in [6, 6.07) is 109. The van der Waals surface area contributed by atoms with Gasteiger partial charge >= 0.3 is 0 Å². The summed E-state index contributed by atoms with van der Waals surface area (Å²) in [5.41, 5.74) is 23.6. The number of hydrogen-bond donors (Lipinski definition) is 0. The molecule has 0 bridgehead atoms. The van der Waals surface area contributed by atoms with Gasteiger partial charge in [-0.2, -0.15) is 0 Å². The molecule has 0 amide bonds. The molecule has 12 aromatic carbocycles. The highest BCUT2D eigenvalue weighted by molar-refractivity contribution is 6.10. The summed E-state index contributed by atoms with van der Waals surface area (Å²) in [7, 11) is 2.17. The molecule has 0 atom stereocenters. The molecule has 76 heavy (non-hydrogen) atoms. The lowest BCUT2D eigenvalue weighted by atomic mass is 9.96. The average molecular weight is 972 g/mol. The van der Waals surface area contributed by atoms with E-state index in [0.717, 1.165) is 34.1 Å². The van der Waals surface area contributed by atoms with E-state index < -0.39 is 0 Å². The van der Waals surface area contributed by atoms with Crippen LogP contribution >= 0.6 is 0 Å². The van der Waals surface area contributed by atoms with Gasteiger partial charge < -0.3 is 14.4 Å². The maximum absolute atomic E-state index is 2.36. The Labute approximate surface area is 445 Å². The maximum atomic E-state index is 2.36. The van der Waals surface area contributed by atoms with E-state index in [9.17, 15) is 0 Å². The Kier molecular flexibility index (Phi) is 12.2. The van der Waals surface area contributed by atoms with Gasteiger partial charge in [0.1, 0.15) is 0 Å². The van der Waals surface area contributed by atoms with Crippen LogP contribution in [0, 0.1) is 0 Å². The predicted molar refractivity (Wildman–Crippen MR) is 322 cm³/mol. The quantitative estimate of drug-likeness (QED) is 0.121. The standard InChI is InChI=1S/C73H53N3/c1-74-72-48-42-62(60-34-30-54(31-35-60)52-22-26-56(27-23-52)58-38-44-68(45-39-58)75(64-14-6-2-7-15-64)65-16-8-3-9-17-65)50-70(72)71-51-63(43-49-73(71)74)61-36-32-55(33-37-61)53-24-28-57(29-25-53)59-40-46-69(47-41-59)76(66-18-10-4-11-19-66)67-20-12-5-13-21-67/h2-51H,1H3. The van der Waals surface area contributed by atoms with Crippen LogP contribution in [-0.4, -0.2) is 4.57 Å². The lowest BCUT2D eigenvalue weighted by Crippen LogP contribution is -2.09. The van der Waals surface area contributed by atoms with E-state index in [1.807, 2.05) is 0 Å². The smallest absolute Gasteiger partial charge is 0.0489 e. The molecule has 0 spiro atoms. The number of anilines is 6. The van der Waals surface area contributed by atoms with E-state index in [1.54, 1.807) is 0 Å². The molecule has 0 saturated heterocycles. The van der Waals surface area contributed by atoms with Crippen molar-refractivity contribution in [3.63, 3.8) is 0 Å². The molecule has 0 aliphatic heterocycles. The van der Waals surface area contributed by atoms with Crippen LogP contribution < -0.4 is 9.80 Å². The second kappa shape index (κ2) is 20.2. The molecule has 0 N–H and O–H groups in total. The lowest BCUT2D eigenvalue weighted by Gasteiger charge is -2.25. The Morgan fingerprint density at radius 3 is 0.618 bits per heavy atom. The van der Waals surface area contributed by atoms with Crippen molar-refractivity contribution in [2.24, 2.45) is 7.05 Å². The van der Waals surface area contributed by atoms with Crippen LogP contribution in [0.25, 0.3) is 88.6 Å². The van der Waals surface area contributed by atoms with Gasteiger partial charge in [-0.15, -0.1) is 0 Å². The summed E-state index contributed by atoms with van der Waals surface area (Å²) in [4.78, 5) is 4.59. The normalized spacial score (nSPS) is 11.2. The summed E-state index contributed by atoms with van der Waals surface area (Å²) < 4.78 is 2.31. The van der Waals surface area contributed by atoms with Crippen molar-refractivity contribution in [2.45, 2.75) is 0 Å². The van der Waals surface area contributed by atoms with Crippen LogP contribution in [-0.2, 0) is 7.05 Å². The van der Waals surface area contributed by atoms with Gasteiger partial charge in [0, 0.05) is 63.0 Å². The highest BCUT2D eigenvalue weighted by atomic mass is 15.1. The molecule has 0 aliphatic carbocycles. The molecule has 1 aromatic heterocycles. The second-order valence-electron chi connectivity index (χ2n) is 19.4. The van der Waals surface area contributed by atoms with Crippen molar-refractivity contribution in [2.75, 3.05) is 9.80 Å². The number of rotatable bonds is 12. The van der Waals surface area contributed by atoms with E-state index in [0.29, 0.717) is 0 Å². The molecule has 13 aromatic rings. The van der Waals surface area contributed by atoms with E-state index in [1.165, 1.54) is 88.6 Å². The van der Waals surface area contributed by atoms with E-state index in [4.69, 9.17) is 0 Å². The predicted octanol–water partition coefficient (Wildman–Crippen LogP) is 20.3. The Balaban J connectivity index is 0.698. The number of aryl methyl sites for hydroxylation is 1. The minimum absolute atomic E-state index is 1.12. The summed E-state index contributed by atoms with van der Waals surface area (Å²) >= 11 is 0. The third-order valence-corrected chi connectivity index (χ3v) is 14.9. The molecular weight excluding hydrogens is 919 g/mol. The van der Waals surface area contributed by atoms with Gasteiger partial charge in [-0.25, -0.2) is 0 Å². The van der Waals surface area contributed by atoms with Crippen molar-refractivity contribution in [3.8, 4) is 66.8 Å². The zero-order valence-corrected chi connectivity index (χ0v) is 42.2. The lowest BCUT2D eigenvalue weighted by molar-refractivity contribution is 1.01. The van der Waals surface area contributed by atoms with Gasteiger partial charge in [-0.1, -0.05) is 206 Å². The highest BCUT2D eigenvalue weighted by Crippen LogP contribution is 2.40. The summed E-state index contributed by atoms with van der Waals surface area (Å²) in [6.45, 7) is 0. The largest absolute Gasteiger partial charge is 0.344 e. The van der Waals surface area contributed by atoms with Crippen molar-refractivity contribution in [1.82, 2.24) is 4.57 Å². The summed E-state index contributed by atoms with van der Waals surface area (Å²) in [5.74, 6) is 0. The average Bonchev–Trinajstić information content (AvgIpc) is 3.79. The first-order chi connectivity index (χ1) is 37.6. The molecule has 0 radical (unpaired) electrons. The molecule has 0 fully saturated rings. The fourth-order valence-corrected chi connectivity index (χ4v) is 10.8. The minimum atomic E-state index is 1.12. The molecule has 0 saturated carbocycles. The zero-order chi connectivity index (χ0) is 50.8. The van der Waals surface area contributed by atoms with Crippen LogP contribution in [0.3, 0.4) is 0 Å². The van der Waals surface area contributed by atoms with Gasteiger partial charge in [0.2, 0.25) is 0 Å². The Hall–Kier alpha value is -9.96. The molecule has 13 rings (SSSR count). The fourth-order valence-electron chi connectivity index (χ4n) is 10.8. The molecule has 0 unspecified atom stereocenters.